The van der Waals surface area contributed by atoms with Gasteiger partial charge in [0, 0.05) is 13.0 Å². The standard InChI is InChI=1S/C8H15NO2.2C2H6/c1-3-8(10)9-4-5-11-6-7(9)2;2*1-2/h7H,3-6H2,1-2H3;2*1-2H3. The summed E-state index contributed by atoms with van der Waals surface area (Å²) in [5, 5.41) is 0. The fraction of sp³-hybridized carbons (Fsp3) is 0.917. The molecule has 1 unspecified atom stereocenters. The monoisotopic (exact) mass is 217 g/mol. The van der Waals surface area contributed by atoms with Crippen LogP contribution in [0.4, 0.5) is 0 Å². The molecule has 3 nitrogen and oxygen atoms in total. The lowest BCUT2D eigenvalue weighted by Gasteiger charge is -2.33. The van der Waals surface area contributed by atoms with E-state index >= 15 is 0 Å². The number of amides is 1. The largest absolute Gasteiger partial charge is 0.377 e. The molecule has 1 rings (SSSR count). The van der Waals surface area contributed by atoms with E-state index in [2.05, 4.69) is 0 Å². The van der Waals surface area contributed by atoms with Crippen molar-refractivity contribution in [2.45, 2.75) is 54.0 Å². The van der Waals surface area contributed by atoms with Crippen molar-refractivity contribution in [2.24, 2.45) is 0 Å². The number of rotatable bonds is 1. The van der Waals surface area contributed by atoms with Crippen LogP contribution in [-0.4, -0.2) is 36.6 Å². The molecular formula is C12H27NO2. The number of nitrogens with zero attached hydrogens (tertiary/aromatic N) is 1. The van der Waals surface area contributed by atoms with Gasteiger partial charge in [-0.2, -0.15) is 0 Å². The number of morpholine rings is 1. The highest BCUT2D eigenvalue weighted by Gasteiger charge is 2.21. The van der Waals surface area contributed by atoms with Gasteiger partial charge in [-0.15, -0.1) is 0 Å². The molecule has 92 valence electrons. The van der Waals surface area contributed by atoms with Crippen molar-refractivity contribution >= 4 is 5.91 Å². The molecule has 0 aliphatic carbocycles. The van der Waals surface area contributed by atoms with Crippen LogP contribution >= 0.6 is 0 Å². The summed E-state index contributed by atoms with van der Waals surface area (Å²) >= 11 is 0. The van der Waals surface area contributed by atoms with Crippen molar-refractivity contribution in [1.29, 1.82) is 0 Å². The Morgan fingerprint density at radius 2 is 1.87 bits per heavy atom. The SMILES string of the molecule is CC.CC.CCC(=O)N1CCOCC1C. The molecule has 1 aliphatic heterocycles. The first-order valence-corrected chi connectivity index (χ1v) is 6.13. The Morgan fingerprint density at radius 1 is 1.33 bits per heavy atom. The lowest BCUT2D eigenvalue weighted by atomic mass is 10.2. The van der Waals surface area contributed by atoms with Crippen LogP contribution in [0, 0.1) is 0 Å². The van der Waals surface area contributed by atoms with E-state index in [1.165, 1.54) is 0 Å². The van der Waals surface area contributed by atoms with Crippen molar-refractivity contribution < 1.29 is 9.53 Å². The van der Waals surface area contributed by atoms with E-state index in [1.807, 2.05) is 46.4 Å². The van der Waals surface area contributed by atoms with Crippen LogP contribution in [0.2, 0.25) is 0 Å². The van der Waals surface area contributed by atoms with Gasteiger partial charge in [-0.05, 0) is 6.92 Å². The fourth-order valence-corrected chi connectivity index (χ4v) is 1.30. The smallest absolute Gasteiger partial charge is 0.222 e. The van der Waals surface area contributed by atoms with E-state index in [0.717, 1.165) is 6.54 Å². The summed E-state index contributed by atoms with van der Waals surface area (Å²) in [4.78, 5) is 13.1. The molecule has 15 heavy (non-hydrogen) atoms. The molecule has 1 heterocycles. The minimum absolute atomic E-state index is 0.237. The van der Waals surface area contributed by atoms with E-state index in [-0.39, 0.29) is 11.9 Å². The van der Waals surface area contributed by atoms with Crippen LogP contribution in [-0.2, 0) is 9.53 Å². The molecule has 1 saturated heterocycles. The van der Waals surface area contributed by atoms with Gasteiger partial charge >= 0.3 is 0 Å². The van der Waals surface area contributed by atoms with Gasteiger partial charge in [0.2, 0.25) is 5.91 Å². The van der Waals surface area contributed by atoms with Crippen LogP contribution in [0.1, 0.15) is 48.0 Å². The third kappa shape index (κ3) is 6.50. The summed E-state index contributed by atoms with van der Waals surface area (Å²) in [6.07, 6.45) is 0.602. The molecule has 0 aromatic rings. The highest BCUT2D eigenvalue weighted by molar-refractivity contribution is 5.76. The van der Waals surface area contributed by atoms with Gasteiger partial charge in [0.25, 0.3) is 0 Å². The second-order valence-electron chi connectivity index (χ2n) is 2.86. The van der Waals surface area contributed by atoms with Crippen molar-refractivity contribution in [3.8, 4) is 0 Å². The Labute approximate surface area is 94.8 Å². The Bertz CT molecular complexity index is 149. The number of carbonyl (C=O) groups excluding carboxylic acids is 1. The Morgan fingerprint density at radius 3 is 2.27 bits per heavy atom. The zero-order valence-corrected chi connectivity index (χ0v) is 11.2. The normalized spacial score (nSPS) is 19.3. The molecule has 1 amide bonds. The molecule has 0 aromatic heterocycles. The summed E-state index contributed by atoms with van der Waals surface area (Å²) in [7, 11) is 0. The Balaban J connectivity index is 0. The highest BCUT2D eigenvalue weighted by Crippen LogP contribution is 2.07. The number of hydrogen-bond donors (Lipinski definition) is 0. The van der Waals surface area contributed by atoms with Crippen LogP contribution in [0.25, 0.3) is 0 Å². The maximum absolute atomic E-state index is 11.2. The molecule has 1 aliphatic rings. The molecule has 3 heteroatoms. The molecular weight excluding hydrogens is 190 g/mol. The average molecular weight is 217 g/mol. The summed E-state index contributed by atoms with van der Waals surface area (Å²) in [6, 6.07) is 0.260. The molecule has 1 atom stereocenters. The average Bonchev–Trinajstić information content (AvgIpc) is 2.34. The molecule has 0 radical (unpaired) electrons. The predicted molar refractivity (Wildman–Crippen MR) is 65.0 cm³/mol. The van der Waals surface area contributed by atoms with E-state index in [9.17, 15) is 4.79 Å². The van der Waals surface area contributed by atoms with Crippen molar-refractivity contribution in [3.63, 3.8) is 0 Å². The zero-order chi connectivity index (χ0) is 12.3. The van der Waals surface area contributed by atoms with Crippen LogP contribution in [0.15, 0.2) is 0 Å². The topological polar surface area (TPSA) is 29.5 Å². The van der Waals surface area contributed by atoms with E-state index in [4.69, 9.17) is 4.74 Å². The van der Waals surface area contributed by atoms with Gasteiger partial charge < -0.3 is 9.64 Å². The Kier molecular flexibility index (Phi) is 12.9. The maximum Gasteiger partial charge on any atom is 0.222 e. The lowest BCUT2D eigenvalue weighted by Crippen LogP contribution is -2.46. The molecule has 0 spiro atoms. The Hall–Kier alpha value is -0.570. The van der Waals surface area contributed by atoms with E-state index in [0.29, 0.717) is 19.6 Å². The minimum atomic E-state index is 0.237. The van der Waals surface area contributed by atoms with Gasteiger partial charge in [0.15, 0.2) is 0 Å². The fourth-order valence-electron chi connectivity index (χ4n) is 1.30. The van der Waals surface area contributed by atoms with Gasteiger partial charge in [-0.25, -0.2) is 0 Å². The maximum atomic E-state index is 11.2. The van der Waals surface area contributed by atoms with E-state index in [1.54, 1.807) is 0 Å². The summed E-state index contributed by atoms with van der Waals surface area (Å²) in [5.74, 6) is 0.237. The number of hydrogen-bond acceptors (Lipinski definition) is 2. The molecule has 1 fully saturated rings. The van der Waals surface area contributed by atoms with Crippen LogP contribution in [0.5, 0.6) is 0 Å². The summed E-state index contributed by atoms with van der Waals surface area (Å²) in [5.41, 5.74) is 0. The second kappa shape index (κ2) is 11.5. The molecule has 0 aromatic carbocycles. The zero-order valence-electron chi connectivity index (χ0n) is 11.2. The second-order valence-corrected chi connectivity index (χ2v) is 2.86. The summed E-state index contributed by atoms with van der Waals surface area (Å²) in [6.45, 7) is 14.0. The lowest BCUT2D eigenvalue weighted by molar-refractivity contribution is -0.138. The first-order chi connectivity index (χ1) is 7.25. The first-order valence-electron chi connectivity index (χ1n) is 6.13. The molecule has 0 bridgehead atoms. The van der Waals surface area contributed by atoms with Crippen LogP contribution < -0.4 is 0 Å². The summed E-state index contributed by atoms with van der Waals surface area (Å²) < 4.78 is 5.21. The molecule has 0 N–H and O–H groups in total. The minimum Gasteiger partial charge on any atom is -0.377 e. The van der Waals surface area contributed by atoms with Crippen molar-refractivity contribution in [2.75, 3.05) is 19.8 Å². The third-order valence-electron chi connectivity index (χ3n) is 1.99. The quantitative estimate of drug-likeness (QED) is 0.676. The van der Waals surface area contributed by atoms with Gasteiger partial charge in [-0.3, -0.25) is 4.79 Å². The van der Waals surface area contributed by atoms with Crippen molar-refractivity contribution in [3.05, 3.63) is 0 Å². The van der Waals surface area contributed by atoms with E-state index < -0.39 is 0 Å². The van der Waals surface area contributed by atoms with Crippen molar-refractivity contribution in [1.82, 2.24) is 4.90 Å². The van der Waals surface area contributed by atoms with Crippen LogP contribution in [0.3, 0.4) is 0 Å². The third-order valence-corrected chi connectivity index (χ3v) is 1.99. The predicted octanol–water partition coefficient (Wildman–Crippen LogP) is 2.70. The highest BCUT2D eigenvalue weighted by atomic mass is 16.5. The first kappa shape index (κ1) is 16.8. The van der Waals surface area contributed by atoms with Gasteiger partial charge in [-0.1, -0.05) is 34.6 Å². The number of ether oxygens (including phenoxy) is 1. The van der Waals surface area contributed by atoms with Gasteiger partial charge in [0.1, 0.15) is 0 Å². The van der Waals surface area contributed by atoms with Gasteiger partial charge in [0.05, 0.1) is 19.3 Å². The molecule has 0 saturated carbocycles. The number of carbonyl (C=O) groups is 1.